The summed E-state index contributed by atoms with van der Waals surface area (Å²) in [5.41, 5.74) is 3.33. The monoisotopic (exact) mass is 331 g/mol. The van der Waals surface area contributed by atoms with Crippen molar-refractivity contribution in [2.45, 2.75) is 46.2 Å². The van der Waals surface area contributed by atoms with Gasteiger partial charge in [0.25, 0.3) is 0 Å². The van der Waals surface area contributed by atoms with E-state index in [0.717, 1.165) is 24.3 Å². The first-order valence-electron chi connectivity index (χ1n) is 8.39. The normalized spacial score (nSPS) is 32.7. The molecular weight excluding hydrogens is 306 g/mol. The van der Waals surface area contributed by atoms with Crippen LogP contribution in [0.2, 0.25) is 0 Å². The van der Waals surface area contributed by atoms with Gasteiger partial charge in [-0.15, -0.1) is 11.3 Å². The fourth-order valence-electron chi connectivity index (χ4n) is 4.70. The maximum absolute atomic E-state index is 3.86. The van der Waals surface area contributed by atoms with E-state index >= 15 is 0 Å². The molecule has 1 N–H and O–H groups in total. The first kappa shape index (κ1) is 14.9. The maximum atomic E-state index is 3.86. The quantitative estimate of drug-likeness (QED) is 0.765. The van der Waals surface area contributed by atoms with Gasteiger partial charge in [0.2, 0.25) is 0 Å². The SMILES string of the molecule is C[C@H]1[C@H](NCc2cc(-c3ccsc3)cs2)C[C@H]2C[C@@H]1C2(C)C. The van der Waals surface area contributed by atoms with Crippen LogP contribution in [0, 0.1) is 23.2 Å². The fraction of sp³-hybridized carbons (Fsp3) is 0.579. The Morgan fingerprint density at radius 3 is 2.77 bits per heavy atom. The van der Waals surface area contributed by atoms with Crippen molar-refractivity contribution in [1.82, 2.24) is 5.32 Å². The van der Waals surface area contributed by atoms with Crippen molar-refractivity contribution in [2.24, 2.45) is 23.2 Å². The lowest BCUT2D eigenvalue weighted by Gasteiger charge is -2.62. The number of hydrogen-bond acceptors (Lipinski definition) is 3. The molecule has 3 fully saturated rings. The van der Waals surface area contributed by atoms with Crippen molar-refractivity contribution in [3.05, 3.63) is 33.2 Å². The Hall–Kier alpha value is -0.640. The number of thiophene rings is 2. The summed E-state index contributed by atoms with van der Waals surface area (Å²) >= 11 is 3.67. The highest BCUT2D eigenvalue weighted by atomic mass is 32.1. The van der Waals surface area contributed by atoms with E-state index in [0.29, 0.717) is 11.5 Å². The van der Waals surface area contributed by atoms with Gasteiger partial charge in [0.15, 0.2) is 0 Å². The molecular formula is C19H25NS2. The highest BCUT2D eigenvalue weighted by Gasteiger charge is 2.55. The Morgan fingerprint density at radius 2 is 2.09 bits per heavy atom. The summed E-state index contributed by atoms with van der Waals surface area (Å²) in [5, 5.41) is 10.5. The lowest BCUT2D eigenvalue weighted by atomic mass is 9.45. The molecule has 5 rings (SSSR count). The van der Waals surface area contributed by atoms with Gasteiger partial charge in [-0.2, -0.15) is 11.3 Å². The number of hydrogen-bond donors (Lipinski definition) is 1. The van der Waals surface area contributed by atoms with Gasteiger partial charge in [-0.1, -0.05) is 20.8 Å². The Kier molecular flexibility index (Phi) is 3.71. The van der Waals surface area contributed by atoms with E-state index in [1.807, 2.05) is 11.3 Å². The van der Waals surface area contributed by atoms with Crippen molar-refractivity contribution in [3.8, 4) is 11.1 Å². The molecule has 3 aliphatic rings. The second-order valence-electron chi connectivity index (χ2n) is 7.76. The van der Waals surface area contributed by atoms with E-state index in [9.17, 15) is 0 Å². The van der Waals surface area contributed by atoms with E-state index in [1.165, 1.54) is 28.8 Å². The lowest BCUT2D eigenvalue weighted by Crippen LogP contribution is -2.59. The van der Waals surface area contributed by atoms with Crippen LogP contribution in [0.15, 0.2) is 28.3 Å². The van der Waals surface area contributed by atoms with E-state index in [1.54, 1.807) is 11.3 Å². The summed E-state index contributed by atoms with van der Waals surface area (Å²) < 4.78 is 0. The van der Waals surface area contributed by atoms with Crippen LogP contribution in [0.4, 0.5) is 0 Å². The number of rotatable bonds is 4. The van der Waals surface area contributed by atoms with Gasteiger partial charge >= 0.3 is 0 Å². The predicted octanol–water partition coefficient (Wildman–Crippen LogP) is 5.64. The van der Waals surface area contributed by atoms with Gasteiger partial charge in [0.05, 0.1) is 0 Å². The van der Waals surface area contributed by atoms with Crippen molar-refractivity contribution in [2.75, 3.05) is 0 Å². The largest absolute Gasteiger partial charge is 0.309 e. The molecule has 0 spiro atoms. The standard InChI is InChI=1S/C19H25NS2/c1-12-17-7-15(19(17,2)3)8-18(12)20-9-16-6-14(11-22-16)13-4-5-21-10-13/h4-6,10-12,15,17-18,20H,7-9H2,1-3H3/t12-,15-,17+,18-/m1/s1. The number of nitrogens with one attached hydrogen (secondary N) is 1. The Bertz CT molecular complexity index is 640. The third-order valence-electron chi connectivity index (χ3n) is 6.40. The molecule has 3 heteroatoms. The average Bonchev–Trinajstić information content (AvgIpc) is 3.16. The Morgan fingerprint density at radius 1 is 1.23 bits per heavy atom. The summed E-state index contributed by atoms with van der Waals surface area (Å²) in [6.45, 7) is 8.45. The molecule has 3 saturated carbocycles. The van der Waals surface area contributed by atoms with Crippen LogP contribution in [0.5, 0.6) is 0 Å². The topological polar surface area (TPSA) is 12.0 Å². The number of fused-ring (bicyclic) bond motifs is 2. The van der Waals surface area contributed by atoms with Crippen LogP contribution < -0.4 is 5.32 Å². The van der Waals surface area contributed by atoms with Gasteiger partial charge in [0.1, 0.15) is 0 Å². The molecule has 4 atom stereocenters. The van der Waals surface area contributed by atoms with Crippen LogP contribution in [0.3, 0.4) is 0 Å². The summed E-state index contributed by atoms with van der Waals surface area (Å²) in [6, 6.07) is 5.28. The average molecular weight is 332 g/mol. The summed E-state index contributed by atoms with van der Waals surface area (Å²) in [5.74, 6) is 2.68. The molecule has 2 aromatic rings. The summed E-state index contributed by atoms with van der Waals surface area (Å²) in [7, 11) is 0. The van der Waals surface area contributed by atoms with Crippen molar-refractivity contribution in [1.29, 1.82) is 0 Å². The first-order chi connectivity index (χ1) is 10.6. The second kappa shape index (κ2) is 5.47. The highest BCUT2D eigenvalue weighted by Crippen LogP contribution is 2.61. The highest BCUT2D eigenvalue weighted by molar-refractivity contribution is 7.10. The first-order valence-corrected chi connectivity index (χ1v) is 10.2. The third kappa shape index (κ3) is 2.38. The van der Waals surface area contributed by atoms with E-state index in [4.69, 9.17) is 0 Å². The minimum Gasteiger partial charge on any atom is -0.309 e. The molecule has 2 aromatic heterocycles. The zero-order valence-corrected chi connectivity index (χ0v) is 15.3. The molecule has 0 radical (unpaired) electrons. The molecule has 1 nitrogen and oxygen atoms in total. The lowest BCUT2D eigenvalue weighted by molar-refractivity contribution is -0.115. The van der Waals surface area contributed by atoms with Gasteiger partial charge < -0.3 is 5.32 Å². The van der Waals surface area contributed by atoms with Crippen LogP contribution >= 0.6 is 22.7 Å². The van der Waals surface area contributed by atoms with Crippen molar-refractivity contribution < 1.29 is 0 Å². The van der Waals surface area contributed by atoms with Gasteiger partial charge in [-0.25, -0.2) is 0 Å². The molecule has 0 amide bonds. The van der Waals surface area contributed by atoms with Gasteiger partial charge in [-0.05, 0) is 75.4 Å². The fourth-order valence-corrected chi connectivity index (χ4v) is 6.21. The molecule has 0 saturated heterocycles. The van der Waals surface area contributed by atoms with Crippen molar-refractivity contribution in [3.63, 3.8) is 0 Å². The molecule has 3 aliphatic carbocycles. The van der Waals surface area contributed by atoms with Crippen molar-refractivity contribution >= 4 is 22.7 Å². The molecule has 2 bridgehead atoms. The van der Waals surface area contributed by atoms with Crippen LogP contribution in [-0.2, 0) is 6.54 Å². The van der Waals surface area contributed by atoms with Gasteiger partial charge in [-0.3, -0.25) is 0 Å². The minimum atomic E-state index is 0.590. The Labute approximate surface area is 141 Å². The van der Waals surface area contributed by atoms with E-state index < -0.39 is 0 Å². The molecule has 0 unspecified atom stereocenters. The second-order valence-corrected chi connectivity index (χ2v) is 9.53. The predicted molar refractivity (Wildman–Crippen MR) is 97.4 cm³/mol. The minimum absolute atomic E-state index is 0.590. The molecule has 0 aromatic carbocycles. The smallest absolute Gasteiger partial charge is 0.0302 e. The maximum Gasteiger partial charge on any atom is 0.0302 e. The third-order valence-corrected chi connectivity index (χ3v) is 8.02. The van der Waals surface area contributed by atoms with Gasteiger partial charge in [0, 0.05) is 17.5 Å². The van der Waals surface area contributed by atoms with Crippen LogP contribution in [0.1, 0.15) is 38.5 Å². The molecule has 118 valence electrons. The van der Waals surface area contributed by atoms with Crippen LogP contribution in [-0.4, -0.2) is 6.04 Å². The van der Waals surface area contributed by atoms with E-state index in [2.05, 4.69) is 54.4 Å². The van der Waals surface area contributed by atoms with E-state index in [-0.39, 0.29) is 0 Å². The zero-order valence-electron chi connectivity index (χ0n) is 13.6. The molecule has 2 heterocycles. The van der Waals surface area contributed by atoms with Crippen LogP contribution in [0.25, 0.3) is 11.1 Å². The summed E-state index contributed by atoms with van der Waals surface area (Å²) in [4.78, 5) is 1.46. The molecule has 0 aliphatic heterocycles. The molecule has 22 heavy (non-hydrogen) atoms. The Balaban J connectivity index is 1.38. The summed E-state index contributed by atoms with van der Waals surface area (Å²) in [6.07, 6.45) is 2.83. The zero-order chi connectivity index (χ0) is 15.3.